The highest BCUT2D eigenvalue weighted by atomic mass is 28.4. The van der Waals surface area contributed by atoms with Gasteiger partial charge >= 0.3 is 8.56 Å². The molecule has 1 fully saturated rings. The lowest BCUT2D eigenvalue weighted by Gasteiger charge is -2.52. The average Bonchev–Trinajstić information content (AvgIpc) is 2.44. The lowest BCUT2D eigenvalue weighted by molar-refractivity contribution is -0.00205. The lowest BCUT2D eigenvalue weighted by Crippen LogP contribution is -2.72. The quantitative estimate of drug-likeness (QED) is 0.598. The Labute approximate surface area is 112 Å². The van der Waals surface area contributed by atoms with Crippen LogP contribution in [0.15, 0.2) is 0 Å². The molecule has 2 atom stereocenters. The molecule has 1 aliphatic heterocycles. The van der Waals surface area contributed by atoms with Gasteiger partial charge in [0.2, 0.25) is 0 Å². The van der Waals surface area contributed by atoms with Crippen molar-refractivity contribution in [1.29, 1.82) is 5.41 Å². The van der Waals surface area contributed by atoms with Crippen LogP contribution in [-0.4, -0.2) is 40.8 Å². The Morgan fingerprint density at radius 3 is 2.28 bits per heavy atom. The average molecular weight is 273 g/mol. The second kappa shape index (κ2) is 6.28. The molecule has 18 heavy (non-hydrogen) atoms. The van der Waals surface area contributed by atoms with Crippen LogP contribution in [-0.2, 0) is 13.6 Å². The predicted molar refractivity (Wildman–Crippen MR) is 75.4 cm³/mol. The summed E-state index contributed by atoms with van der Waals surface area (Å²) in [6.07, 6.45) is 3.88. The van der Waals surface area contributed by atoms with E-state index in [1.807, 2.05) is 6.92 Å². The molecule has 1 rings (SSSR count). The molecule has 0 aromatic rings. The number of nitrogens with one attached hydrogen (secondary N) is 1. The molecular weight excluding hydrogens is 246 g/mol. The van der Waals surface area contributed by atoms with Crippen LogP contribution in [0, 0.1) is 11.3 Å². The summed E-state index contributed by atoms with van der Waals surface area (Å²) in [4.78, 5) is 0. The summed E-state index contributed by atoms with van der Waals surface area (Å²) in [5.41, 5.74) is 0.631. The van der Waals surface area contributed by atoms with E-state index in [-0.39, 0.29) is 0 Å². The Kier molecular flexibility index (Phi) is 5.52. The second-order valence-corrected chi connectivity index (χ2v) is 8.50. The fraction of sp³-hybridized carbons (Fsp3) is 0.923. The highest BCUT2D eigenvalue weighted by Crippen LogP contribution is 2.46. The fourth-order valence-electron chi connectivity index (χ4n) is 3.55. The molecule has 0 bridgehead atoms. The first kappa shape index (κ1) is 15.8. The van der Waals surface area contributed by atoms with E-state index in [0.717, 1.165) is 25.3 Å². The van der Waals surface area contributed by atoms with E-state index in [1.165, 1.54) is 0 Å². The number of hydrogen-bond donors (Lipinski definition) is 1. The first-order valence-electron chi connectivity index (χ1n) is 6.81. The Balaban J connectivity index is 3.33. The molecule has 0 spiro atoms. The minimum atomic E-state index is -2.53. The van der Waals surface area contributed by atoms with E-state index in [9.17, 15) is 0 Å². The van der Waals surface area contributed by atoms with Crippen molar-refractivity contribution < 1.29 is 13.6 Å². The molecule has 1 N–H and O–H groups in total. The van der Waals surface area contributed by atoms with E-state index < -0.39 is 13.8 Å². The molecule has 0 radical (unpaired) electrons. The molecule has 5 heteroatoms. The van der Waals surface area contributed by atoms with Crippen molar-refractivity contribution in [3.63, 3.8) is 0 Å². The van der Waals surface area contributed by atoms with Gasteiger partial charge in [0, 0.05) is 27.0 Å². The maximum Gasteiger partial charge on any atom is 0.377 e. The van der Waals surface area contributed by atoms with Crippen LogP contribution in [0.3, 0.4) is 0 Å². The zero-order chi connectivity index (χ0) is 13.8. The van der Waals surface area contributed by atoms with Crippen molar-refractivity contribution in [2.24, 2.45) is 5.92 Å². The van der Waals surface area contributed by atoms with Gasteiger partial charge in [0.05, 0.1) is 0 Å². The summed E-state index contributed by atoms with van der Waals surface area (Å²) in [6.45, 7) is 4.17. The third kappa shape index (κ3) is 2.07. The Bertz CT molecular complexity index is 294. The molecule has 0 aromatic carbocycles. The van der Waals surface area contributed by atoms with Crippen LogP contribution < -0.4 is 0 Å². The third-order valence-corrected chi connectivity index (χ3v) is 8.85. The maximum atomic E-state index is 8.43. The van der Waals surface area contributed by atoms with Gasteiger partial charge in [0.25, 0.3) is 0 Å². The fourth-order valence-corrected chi connectivity index (χ4v) is 7.69. The van der Waals surface area contributed by atoms with E-state index in [1.54, 1.807) is 21.3 Å². The van der Waals surface area contributed by atoms with Gasteiger partial charge in [0.1, 0.15) is 0 Å². The molecular formula is C13H27NO3Si. The van der Waals surface area contributed by atoms with Crippen LogP contribution in [0.25, 0.3) is 0 Å². The molecule has 0 amide bonds. The monoisotopic (exact) mass is 273 g/mol. The Morgan fingerprint density at radius 2 is 1.89 bits per heavy atom. The van der Waals surface area contributed by atoms with Crippen molar-refractivity contribution in [3.8, 4) is 0 Å². The summed E-state index contributed by atoms with van der Waals surface area (Å²) < 4.78 is 17.6. The number of methoxy groups -OCH3 is 1. The van der Waals surface area contributed by atoms with E-state index in [4.69, 9.17) is 19.0 Å². The molecule has 1 heterocycles. The minimum absolute atomic E-state index is 0.329. The highest BCUT2D eigenvalue weighted by molar-refractivity contribution is 6.74. The van der Waals surface area contributed by atoms with E-state index in [2.05, 4.69) is 6.92 Å². The smallest absolute Gasteiger partial charge is 0.377 e. The van der Waals surface area contributed by atoms with Crippen LogP contribution >= 0.6 is 0 Å². The largest absolute Gasteiger partial charge is 0.396 e. The molecule has 0 aromatic heterocycles. The van der Waals surface area contributed by atoms with Gasteiger partial charge in [-0.15, -0.1) is 0 Å². The van der Waals surface area contributed by atoms with Gasteiger partial charge < -0.3 is 19.0 Å². The summed E-state index contributed by atoms with van der Waals surface area (Å²) in [7, 11) is 2.61. The predicted octanol–water partition coefficient (Wildman–Crippen LogP) is 2.90. The lowest BCUT2D eigenvalue weighted by atomic mass is 9.88. The molecule has 1 aliphatic rings. The number of hydrogen-bond acceptors (Lipinski definition) is 4. The zero-order valence-corrected chi connectivity index (χ0v) is 13.3. The second-order valence-electron chi connectivity index (χ2n) is 4.93. The van der Waals surface area contributed by atoms with Crippen LogP contribution in [0.5, 0.6) is 0 Å². The Hall–Kier alpha value is -0.233. The van der Waals surface area contributed by atoms with Crippen LogP contribution in [0.1, 0.15) is 39.5 Å². The SMILES string of the molecule is CCC(=N)C1(OC)C(CC)CCC[Si]1(OC)OC. The van der Waals surface area contributed by atoms with Crippen molar-refractivity contribution >= 4 is 14.3 Å². The molecule has 0 saturated carbocycles. The molecule has 2 unspecified atom stereocenters. The first-order valence-corrected chi connectivity index (χ1v) is 8.84. The van der Waals surface area contributed by atoms with E-state index in [0.29, 0.717) is 18.1 Å². The molecule has 106 valence electrons. The van der Waals surface area contributed by atoms with Crippen molar-refractivity contribution in [1.82, 2.24) is 0 Å². The number of ether oxygens (including phenoxy) is 1. The highest BCUT2D eigenvalue weighted by Gasteiger charge is 2.64. The van der Waals surface area contributed by atoms with Gasteiger partial charge in [-0.1, -0.05) is 26.7 Å². The van der Waals surface area contributed by atoms with Gasteiger partial charge in [0.15, 0.2) is 5.22 Å². The zero-order valence-electron chi connectivity index (χ0n) is 12.3. The van der Waals surface area contributed by atoms with Crippen LogP contribution in [0.4, 0.5) is 0 Å². The Morgan fingerprint density at radius 1 is 1.28 bits per heavy atom. The standard InChI is InChI=1S/C13H27NO3Si/c1-6-11-9-8-10-18(16-4,17-5)13(11,15-3)12(14)7-2/h11,14H,6-10H2,1-5H3. The summed E-state index contributed by atoms with van der Waals surface area (Å²) >= 11 is 0. The summed E-state index contributed by atoms with van der Waals surface area (Å²) in [5, 5.41) is 7.81. The van der Waals surface area contributed by atoms with Gasteiger partial charge in [-0.3, -0.25) is 0 Å². The summed E-state index contributed by atoms with van der Waals surface area (Å²) in [5.74, 6) is 0.329. The summed E-state index contributed by atoms with van der Waals surface area (Å²) in [6, 6.07) is 0.909. The van der Waals surface area contributed by atoms with Crippen molar-refractivity contribution in [3.05, 3.63) is 0 Å². The maximum absolute atomic E-state index is 8.43. The number of rotatable bonds is 6. The molecule has 4 nitrogen and oxygen atoms in total. The normalized spacial score (nSPS) is 31.3. The molecule has 0 aliphatic carbocycles. The third-order valence-electron chi connectivity index (χ3n) is 4.48. The van der Waals surface area contributed by atoms with Gasteiger partial charge in [-0.2, -0.15) is 0 Å². The first-order chi connectivity index (χ1) is 8.58. The van der Waals surface area contributed by atoms with E-state index >= 15 is 0 Å². The van der Waals surface area contributed by atoms with Gasteiger partial charge in [-0.25, -0.2) is 0 Å². The van der Waals surface area contributed by atoms with Crippen molar-refractivity contribution in [2.75, 3.05) is 21.3 Å². The van der Waals surface area contributed by atoms with Gasteiger partial charge in [-0.05, 0) is 24.8 Å². The minimum Gasteiger partial charge on any atom is -0.396 e. The van der Waals surface area contributed by atoms with Crippen LogP contribution in [0.2, 0.25) is 6.04 Å². The van der Waals surface area contributed by atoms with Crippen molar-refractivity contribution in [2.45, 2.75) is 50.8 Å². The topological polar surface area (TPSA) is 51.5 Å². The molecule has 1 saturated heterocycles.